The molecule has 0 aliphatic heterocycles. The number of rotatable bonds is 6. The number of hydrogen-bond donors (Lipinski definition) is 0. The van der Waals surface area contributed by atoms with Crippen molar-refractivity contribution in [3.8, 4) is 67.3 Å². The minimum atomic E-state index is 0.700. The summed E-state index contributed by atoms with van der Waals surface area (Å²) in [7, 11) is 0. The minimum absolute atomic E-state index is 0.700. The van der Waals surface area contributed by atoms with Crippen LogP contribution in [0, 0.1) is 0 Å². The summed E-state index contributed by atoms with van der Waals surface area (Å²) in [5.41, 5.74) is 12.0. The van der Waals surface area contributed by atoms with E-state index < -0.39 is 0 Å². The fraction of sp³-hybridized carbons (Fsp3) is 0. The van der Waals surface area contributed by atoms with E-state index in [1.807, 2.05) is 18.2 Å². The van der Waals surface area contributed by atoms with Crippen molar-refractivity contribution in [2.75, 3.05) is 0 Å². The lowest BCUT2D eigenvalue weighted by Gasteiger charge is -2.17. The van der Waals surface area contributed by atoms with E-state index in [9.17, 15) is 0 Å². The first-order chi connectivity index (χ1) is 28.7. The molecular weight excluding hydrogens is 701 g/mol. The summed E-state index contributed by atoms with van der Waals surface area (Å²) in [5, 5.41) is 9.85. The lowest BCUT2D eigenvalue weighted by atomic mass is 9.86. The van der Waals surface area contributed by atoms with E-state index in [1.165, 1.54) is 60.0 Å². The lowest BCUT2D eigenvalue weighted by Crippen LogP contribution is -1.97. The number of aromatic nitrogens is 2. The molecule has 0 radical (unpaired) electrons. The quantitative estimate of drug-likeness (QED) is 0.125. The maximum Gasteiger partial charge on any atom is 0.160 e. The van der Waals surface area contributed by atoms with Crippen LogP contribution in [0.1, 0.15) is 0 Å². The molecule has 0 N–H and O–H groups in total. The zero-order chi connectivity index (χ0) is 38.4. The molecule has 0 atom stereocenters. The van der Waals surface area contributed by atoms with Gasteiger partial charge in [-0.2, -0.15) is 0 Å². The van der Waals surface area contributed by atoms with E-state index in [4.69, 9.17) is 9.97 Å². The standard InChI is InChI=1S/C56H36N2/c1-3-14-37(15-4-1)38-26-28-39(29-27-38)42-20-13-21-44(34-42)53-36-54(58-56(57-53)41-17-5-2-6-18-41)49-32-33-50(48-25-12-11-24-47(48)49)55-46-23-10-8-19-43(46)35-52-45-22-9-7-16-40(45)30-31-51(52)55/h1-36H. The summed E-state index contributed by atoms with van der Waals surface area (Å²) in [4.78, 5) is 10.5. The van der Waals surface area contributed by atoms with Crippen LogP contribution in [0.3, 0.4) is 0 Å². The molecule has 11 aromatic rings. The van der Waals surface area contributed by atoms with Crippen molar-refractivity contribution >= 4 is 43.1 Å². The van der Waals surface area contributed by atoms with Gasteiger partial charge in [0.15, 0.2) is 5.82 Å². The van der Waals surface area contributed by atoms with Crippen LogP contribution >= 0.6 is 0 Å². The predicted molar refractivity (Wildman–Crippen MR) is 245 cm³/mol. The average Bonchev–Trinajstić information content (AvgIpc) is 3.31. The molecule has 0 amide bonds. The molecule has 2 nitrogen and oxygen atoms in total. The van der Waals surface area contributed by atoms with Crippen molar-refractivity contribution < 1.29 is 0 Å². The highest BCUT2D eigenvalue weighted by molar-refractivity contribution is 6.23. The molecule has 1 aromatic heterocycles. The molecule has 11 rings (SSSR count). The SMILES string of the molecule is c1ccc(-c2ccc(-c3cccc(-c4cc(-c5ccc(-c6c7ccccc7cc7c6ccc6ccccc67)c6ccccc56)nc(-c5ccccc5)n4)c3)cc2)cc1. The lowest BCUT2D eigenvalue weighted by molar-refractivity contribution is 1.18. The predicted octanol–water partition coefficient (Wildman–Crippen LogP) is 15.1. The largest absolute Gasteiger partial charge is 0.228 e. The molecule has 0 unspecified atom stereocenters. The Labute approximate surface area is 337 Å². The molecule has 0 aliphatic rings. The second kappa shape index (κ2) is 14.1. The van der Waals surface area contributed by atoms with Crippen molar-refractivity contribution in [1.82, 2.24) is 9.97 Å². The average molecular weight is 737 g/mol. The molecular formula is C56H36N2. The normalized spacial score (nSPS) is 11.4. The third kappa shape index (κ3) is 5.91. The van der Waals surface area contributed by atoms with E-state index in [2.05, 4.69) is 200 Å². The van der Waals surface area contributed by atoms with Crippen LogP contribution in [0.15, 0.2) is 218 Å². The highest BCUT2D eigenvalue weighted by atomic mass is 14.9. The third-order valence-electron chi connectivity index (χ3n) is 11.5. The molecule has 0 aliphatic carbocycles. The zero-order valence-electron chi connectivity index (χ0n) is 31.7. The molecule has 0 bridgehead atoms. The monoisotopic (exact) mass is 736 g/mol. The van der Waals surface area contributed by atoms with Crippen molar-refractivity contribution in [3.05, 3.63) is 218 Å². The number of nitrogens with zero attached hydrogens (tertiary/aromatic N) is 2. The van der Waals surface area contributed by atoms with Gasteiger partial charge in [-0.3, -0.25) is 0 Å². The first-order valence-electron chi connectivity index (χ1n) is 19.8. The Morgan fingerprint density at radius 2 is 0.776 bits per heavy atom. The Hall–Kier alpha value is -7.68. The summed E-state index contributed by atoms with van der Waals surface area (Å²) >= 11 is 0. The van der Waals surface area contributed by atoms with Gasteiger partial charge in [-0.25, -0.2) is 9.97 Å². The van der Waals surface area contributed by atoms with Gasteiger partial charge in [-0.1, -0.05) is 200 Å². The molecule has 10 aromatic carbocycles. The Morgan fingerprint density at radius 3 is 1.53 bits per heavy atom. The van der Waals surface area contributed by atoms with Gasteiger partial charge >= 0.3 is 0 Å². The van der Waals surface area contributed by atoms with E-state index in [0.29, 0.717) is 5.82 Å². The first kappa shape index (κ1) is 33.6. The van der Waals surface area contributed by atoms with Crippen molar-refractivity contribution in [1.29, 1.82) is 0 Å². The molecule has 0 saturated heterocycles. The van der Waals surface area contributed by atoms with Gasteiger partial charge in [0.05, 0.1) is 11.4 Å². The first-order valence-corrected chi connectivity index (χ1v) is 19.8. The highest BCUT2D eigenvalue weighted by Gasteiger charge is 2.18. The summed E-state index contributed by atoms with van der Waals surface area (Å²) in [5.74, 6) is 0.700. The van der Waals surface area contributed by atoms with Crippen LogP contribution in [0.5, 0.6) is 0 Å². The topological polar surface area (TPSA) is 25.8 Å². The second-order valence-corrected chi connectivity index (χ2v) is 14.9. The Morgan fingerprint density at radius 1 is 0.241 bits per heavy atom. The van der Waals surface area contributed by atoms with Gasteiger partial charge in [0.1, 0.15) is 0 Å². The number of fused-ring (bicyclic) bond motifs is 5. The van der Waals surface area contributed by atoms with Crippen molar-refractivity contribution in [3.63, 3.8) is 0 Å². The summed E-state index contributed by atoms with van der Waals surface area (Å²) < 4.78 is 0. The van der Waals surface area contributed by atoms with Gasteiger partial charge in [-0.05, 0) is 94.7 Å². The minimum Gasteiger partial charge on any atom is -0.228 e. The van der Waals surface area contributed by atoms with E-state index in [-0.39, 0.29) is 0 Å². The molecule has 1 heterocycles. The smallest absolute Gasteiger partial charge is 0.160 e. The third-order valence-corrected chi connectivity index (χ3v) is 11.5. The molecule has 0 saturated carbocycles. The summed E-state index contributed by atoms with van der Waals surface area (Å²) in [6.45, 7) is 0. The molecule has 2 heteroatoms. The van der Waals surface area contributed by atoms with E-state index >= 15 is 0 Å². The highest BCUT2D eigenvalue weighted by Crippen LogP contribution is 2.44. The van der Waals surface area contributed by atoms with Gasteiger partial charge in [-0.15, -0.1) is 0 Å². The molecule has 270 valence electrons. The van der Waals surface area contributed by atoms with E-state index in [0.717, 1.165) is 44.6 Å². The zero-order valence-corrected chi connectivity index (χ0v) is 31.7. The maximum absolute atomic E-state index is 5.29. The van der Waals surface area contributed by atoms with Crippen LogP contribution in [0.25, 0.3) is 110 Å². The fourth-order valence-electron chi connectivity index (χ4n) is 8.64. The Kier molecular flexibility index (Phi) is 8.19. The van der Waals surface area contributed by atoms with Crippen LogP contribution in [-0.2, 0) is 0 Å². The van der Waals surface area contributed by atoms with Crippen LogP contribution < -0.4 is 0 Å². The van der Waals surface area contributed by atoms with Crippen molar-refractivity contribution in [2.24, 2.45) is 0 Å². The summed E-state index contributed by atoms with van der Waals surface area (Å²) in [6, 6.07) is 78.2. The molecule has 0 fully saturated rings. The second-order valence-electron chi connectivity index (χ2n) is 14.9. The Bertz CT molecular complexity index is 3310. The molecule has 58 heavy (non-hydrogen) atoms. The summed E-state index contributed by atoms with van der Waals surface area (Å²) in [6.07, 6.45) is 0. The van der Waals surface area contributed by atoms with Crippen LogP contribution in [-0.4, -0.2) is 9.97 Å². The van der Waals surface area contributed by atoms with Crippen molar-refractivity contribution in [2.45, 2.75) is 0 Å². The van der Waals surface area contributed by atoms with Gasteiger partial charge in [0, 0.05) is 16.7 Å². The number of hydrogen-bond acceptors (Lipinski definition) is 2. The van der Waals surface area contributed by atoms with Gasteiger partial charge in [0.2, 0.25) is 0 Å². The van der Waals surface area contributed by atoms with Crippen LogP contribution in [0.2, 0.25) is 0 Å². The number of benzene rings is 10. The molecule has 0 spiro atoms. The van der Waals surface area contributed by atoms with Gasteiger partial charge < -0.3 is 0 Å². The fourth-order valence-corrected chi connectivity index (χ4v) is 8.64. The Balaban J connectivity index is 1.08. The van der Waals surface area contributed by atoms with Crippen LogP contribution in [0.4, 0.5) is 0 Å². The van der Waals surface area contributed by atoms with Gasteiger partial charge in [0.25, 0.3) is 0 Å². The maximum atomic E-state index is 5.29. The van der Waals surface area contributed by atoms with E-state index in [1.54, 1.807) is 0 Å².